The van der Waals surface area contributed by atoms with E-state index in [0.29, 0.717) is 5.75 Å². The van der Waals surface area contributed by atoms with Crippen molar-refractivity contribution in [2.45, 2.75) is 77.6 Å². The molecule has 0 saturated carbocycles. The maximum atomic E-state index is 11.8. The van der Waals surface area contributed by atoms with Crippen LogP contribution >= 0.6 is 7.82 Å². The molecular formula is C20H31O9P. The van der Waals surface area contributed by atoms with Crippen molar-refractivity contribution < 1.29 is 43.5 Å². The first-order chi connectivity index (χ1) is 14.5. The van der Waals surface area contributed by atoms with E-state index in [9.17, 15) is 4.57 Å². The Balaban J connectivity index is 1.54. The molecule has 1 aliphatic heterocycles. The third kappa shape index (κ3) is 9.26. The smallest absolute Gasteiger partial charge is 0.475 e. The molecule has 1 heterocycles. The van der Waals surface area contributed by atoms with Crippen LogP contribution in [0.15, 0.2) is 36.2 Å². The Morgan fingerprint density at radius 1 is 0.867 bits per heavy atom. The first-order valence-electron chi connectivity index (χ1n) is 10.4. The highest BCUT2D eigenvalue weighted by Gasteiger charge is 2.41. The van der Waals surface area contributed by atoms with Gasteiger partial charge in [-0.25, -0.2) is 4.57 Å². The molecule has 0 spiro atoms. The molecule has 170 valence electrons. The Morgan fingerprint density at radius 3 is 2.07 bits per heavy atom. The number of hydrogen-bond donors (Lipinski definition) is 2. The predicted molar refractivity (Wildman–Crippen MR) is 108 cm³/mol. The van der Waals surface area contributed by atoms with Gasteiger partial charge in [0.15, 0.2) is 5.75 Å². The molecule has 0 fully saturated rings. The van der Waals surface area contributed by atoms with Gasteiger partial charge in [0.05, 0.1) is 0 Å². The van der Waals surface area contributed by atoms with E-state index in [1.54, 1.807) is 12.1 Å². The summed E-state index contributed by atoms with van der Waals surface area (Å²) in [6.45, 7) is 2.24. The second kappa shape index (κ2) is 13.4. The summed E-state index contributed by atoms with van der Waals surface area (Å²) < 4.78 is 24.6. The minimum atomic E-state index is -4.42. The molecule has 1 aromatic carbocycles. The summed E-state index contributed by atoms with van der Waals surface area (Å²) in [5.74, 6) is -1.96. The average molecular weight is 446 g/mol. The van der Waals surface area contributed by atoms with Crippen LogP contribution in [0.25, 0.3) is 0 Å². The highest BCUT2D eigenvalue weighted by molar-refractivity contribution is 7.48. The van der Waals surface area contributed by atoms with E-state index < -0.39 is 19.7 Å². The summed E-state index contributed by atoms with van der Waals surface area (Å²) in [5, 5.41) is 22.3. The second-order valence-electron chi connectivity index (χ2n) is 7.11. The van der Waals surface area contributed by atoms with Gasteiger partial charge in [-0.2, -0.15) is 0 Å². The average Bonchev–Trinajstić information content (AvgIpc) is 2.73. The van der Waals surface area contributed by atoms with Gasteiger partial charge in [0, 0.05) is 0 Å². The molecule has 1 atom stereocenters. The van der Waals surface area contributed by atoms with Gasteiger partial charge in [0.1, 0.15) is 0 Å². The molecule has 1 unspecified atom stereocenters. The fraction of sp³-hybridized carbons (Fsp3) is 0.600. The number of benzene rings is 1. The fourth-order valence-electron chi connectivity index (χ4n) is 2.92. The fourth-order valence-corrected chi connectivity index (χ4v) is 3.57. The Morgan fingerprint density at radius 2 is 1.47 bits per heavy atom. The van der Waals surface area contributed by atoms with Gasteiger partial charge in [-0.05, 0) is 35.6 Å². The van der Waals surface area contributed by atoms with Gasteiger partial charge in [-0.3, -0.25) is 4.89 Å². The van der Waals surface area contributed by atoms with Crippen molar-refractivity contribution in [1.82, 2.24) is 0 Å². The van der Waals surface area contributed by atoms with E-state index in [1.165, 1.54) is 63.4 Å². The lowest BCUT2D eigenvalue weighted by molar-refractivity contribution is -0.429. The largest absolute Gasteiger partial charge is 0.600 e. The van der Waals surface area contributed by atoms with Crippen LogP contribution in [0.1, 0.15) is 76.7 Å². The van der Waals surface area contributed by atoms with Crippen LogP contribution in [0.5, 0.6) is 5.75 Å². The van der Waals surface area contributed by atoms with Crippen LogP contribution in [0.4, 0.5) is 0 Å². The first-order valence-corrected chi connectivity index (χ1v) is 11.9. The highest BCUT2D eigenvalue weighted by atomic mass is 31.2. The molecule has 0 amide bonds. The molecule has 1 aliphatic rings. The molecule has 0 aromatic heterocycles. The monoisotopic (exact) mass is 446 g/mol. The summed E-state index contributed by atoms with van der Waals surface area (Å²) in [7, 11) is -4.42. The van der Waals surface area contributed by atoms with Gasteiger partial charge >= 0.3 is 19.7 Å². The van der Waals surface area contributed by atoms with Crippen LogP contribution in [0.3, 0.4) is 0 Å². The first kappa shape index (κ1) is 24.3. The SMILES string of the molecule is CCCCCCCCCCCCc1ccc(OOOP2(=O)OOC(O)=C(O)O2)cc1. The number of phosphoric acid groups is 1. The van der Waals surface area contributed by atoms with Crippen molar-refractivity contribution >= 4 is 7.82 Å². The molecule has 0 bridgehead atoms. The molecule has 10 heteroatoms. The van der Waals surface area contributed by atoms with Crippen LogP contribution in [-0.2, 0) is 34.8 Å². The van der Waals surface area contributed by atoms with Crippen LogP contribution in [-0.4, -0.2) is 10.2 Å². The third-order valence-electron chi connectivity index (χ3n) is 4.58. The minimum absolute atomic E-state index is 0.300. The van der Waals surface area contributed by atoms with Crippen molar-refractivity contribution in [2.24, 2.45) is 0 Å². The molecule has 0 aliphatic carbocycles. The Bertz CT molecular complexity index is 690. The minimum Gasteiger partial charge on any atom is -0.475 e. The van der Waals surface area contributed by atoms with E-state index in [0.717, 1.165) is 12.8 Å². The molecular weight excluding hydrogens is 415 g/mol. The quantitative estimate of drug-likeness (QED) is 0.131. The Labute approximate surface area is 176 Å². The van der Waals surface area contributed by atoms with Crippen LogP contribution in [0.2, 0.25) is 0 Å². The summed E-state index contributed by atoms with van der Waals surface area (Å²) in [6.07, 6.45) is 14.0. The zero-order valence-electron chi connectivity index (χ0n) is 17.3. The van der Waals surface area contributed by atoms with Crippen molar-refractivity contribution in [3.63, 3.8) is 0 Å². The normalized spacial score (nSPS) is 18.7. The molecule has 0 radical (unpaired) electrons. The van der Waals surface area contributed by atoms with E-state index in [-0.39, 0.29) is 0 Å². The Kier molecular flexibility index (Phi) is 10.9. The zero-order valence-corrected chi connectivity index (χ0v) is 18.2. The van der Waals surface area contributed by atoms with E-state index in [2.05, 4.69) is 30.7 Å². The Hall–Kier alpha value is -1.93. The van der Waals surface area contributed by atoms with Gasteiger partial charge in [0.2, 0.25) is 0 Å². The molecule has 1 aromatic rings. The van der Waals surface area contributed by atoms with Gasteiger partial charge < -0.3 is 19.6 Å². The lowest BCUT2D eigenvalue weighted by Crippen LogP contribution is -2.11. The summed E-state index contributed by atoms with van der Waals surface area (Å²) >= 11 is 0. The lowest BCUT2D eigenvalue weighted by atomic mass is 10.0. The lowest BCUT2D eigenvalue weighted by Gasteiger charge is -2.18. The summed E-state index contributed by atoms with van der Waals surface area (Å²) in [4.78, 5) is 8.87. The van der Waals surface area contributed by atoms with Gasteiger partial charge in [0.25, 0.3) is 0 Å². The number of rotatable bonds is 15. The predicted octanol–water partition coefficient (Wildman–Crippen LogP) is 6.72. The van der Waals surface area contributed by atoms with Crippen molar-refractivity contribution in [1.29, 1.82) is 0 Å². The standard InChI is InChI=1S/C20H31O9P/c1-2-3-4-5-6-7-8-9-10-11-12-17-13-15-18(16-14-17)24-27-29-30(23)26-20(22)19(21)25-28-30/h13-16,21-22H,2-12H2,1H3. The summed E-state index contributed by atoms with van der Waals surface area (Å²) in [6, 6.07) is 7.15. The molecule has 9 nitrogen and oxygen atoms in total. The molecule has 0 saturated heterocycles. The van der Waals surface area contributed by atoms with E-state index in [4.69, 9.17) is 15.1 Å². The number of aliphatic hydroxyl groups is 2. The summed E-state index contributed by atoms with van der Waals surface area (Å²) in [5.41, 5.74) is 1.17. The van der Waals surface area contributed by atoms with Gasteiger partial charge in [-0.1, -0.05) is 86.2 Å². The topological polar surface area (TPSA) is 113 Å². The van der Waals surface area contributed by atoms with Crippen molar-refractivity contribution in [3.8, 4) is 5.75 Å². The zero-order chi connectivity index (χ0) is 21.7. The highest BCUT2D eigenvalue weighted by Crippen LogP contribution is 2.54. The maximum Gasteiger partial charge on any atom is 0.600 e. The maximum absolute atomic E-state index is 11.8. The number of hydrogen-bond acceptors (Lipinski definition) is 9. The number of unbranched alkanes of at least 4 members (excludes halogenated alkanes) is 9. The van der Waals surface area contributed by atoms with E-state index >= 15 is 0 Å². The van der Waals surface area contributed by atoms with Gasteiger partial charge in [-0.15, -0.1) is 0 Å². The van der Waals surface area contributed by atoms with Crippen LogP contribution in [0, 0.1) is 0 Å². The molecule has 2 N–H and O–H groups in total. The molecule has 2 rings (SSSR count). The van der Waals surface area contributed by atoms with Crippen LogP contribution < -0.4 is 4.89 Å². The van der Waals surface area contributed by atoms with Crippen molar-refractivity contribution in [3.05, 3.63) is 41.7 Å². The number of aliphatic hydroxyl groups excluding tert-OH is 2. The third-order valence-corrected chi connectivity index (χ3v) is 5.48. The van der Waals surface area contributed by atoms with Crippen molar-refractivity contribution in [2.75, 3.05) is 0 Å². The molecule has 30 heavy (non-hydrogen) atoms. The number of aryl methyl sites for hydroxylation is 1. The van der Waals surface area contributed by atoms with E-state index in [1.807, 2.05) is 12.1 Å². The second-order valence-corrected chi connectivity index (χ2v) is 8.48.